The highest BCUT2D eigenvalue weighted by molar-refractivity contribution is 5.66. The minimum Gasteiger partial charge on any atom is -0.482 e. The predicted molar refractivity (Wildman–Crippen MR) is 122 cm³/mol. The van der Waals surface area contributed by atoms with Crippen molar-refractivity contribution < 1.29 is 28.1 Å². The molecule has 2 aliphatic rings. The standard InChI is InChI=1S/C24H23F2N3O4.CH4/c1-12(16-7-15(25)3-4-18(16)26)33-21-6-14(9-29-24(21)27)13-2-5-19(28-8-13)17-10-31-23-20(30)11-32-22(17)23;/h2-9,12,17,20,22-23,30H,10-11H2,1H3,(H2,27,29);1H4. The van der Waals surface area contributed by atoms with Crippen LogP contribution in [0, 0.1) is 11.6 Å². The van der Waals surface area contributed by atoms with Crippen molar-refractivity contribution in [2.24, 2.45) is 0 Å². The molecule has 1 aromatic carbocycles. The molecule has 5 rings (SSSR count). The molecule has 2 fully saturated rings. The van der Waals surface area contributed by atoms with E-state index in [9.17, 15) is 13.9 Å². The minimum atomic E-state index is -0.780. The third-order valence-electron chi connectivity index (χ3n) is 6.11. The lowest BCUT2D eigenvalue weighted by Gasteiger charge is -2.18. The number of rotatable bonds is 5. The Morgan fingerprint density at radius 1 is 1.03 bits per heavy atom. The Morgan fingerprint density at radius 3 is 2.56 bits per heavy atom. The summed E-state index contributed by atoms with van der Waals surface area (Å²) in [4.78, 5) is 8.75. The van der Waals surface area contributed by atoms with Crippen molar-refractivity contribution in [1.82, 2.24) is 9.97 Å². The van der Waals surface area contributed by atoms with Gasteiger partial charge >= 0.3 is 0 Å². The summed E-state index contributed by atoms with van der Waals surface area (Å²) in [5.41, 5.74) is 8.35. The number of nitrogen functional groups attached to an aromatic ring is 1. The van der Waals surface area contributed by atoms with E-state index in [0.29, 0.717) is 12.2 Å². The van der Waals surface area contributed by atoms with Crippen molar-refractivity contribution in [3.05, 3.63) is 71.7 Å². The molecule has 0 bridgehead atoms. The Balaban J connectivity index is 0.00000274. The van der Waals surface area contributed by atoms with Gasteiger partial charge in [0, 0.05) is 34.8 Å². The molecular weight excluding hydrogens is 444 g/mol. The van der Waals surface area contributed by atoms with E-state index in [0.717, 1.165) is 29.5 Å². The van der Waals surface area contributed by atoms with Crippen LogP contribution in [0.1, 0.15) is 37.6 Å². The van der Waals surface area contributed by atoms with Crippen LogP contribution in [0.2, 0.25) is 0 Å². The number of fused-ring (bicyclic) bond motifs is 1. The van der Waals surface area contributed by atoms with Gasteiger partial charge in [-0.1, -0.05) is 13.5 Å². The number of nitrogens with zero attached hydrogens (tertiary/aromatic N) is 2. The Kier molecular flexibility index (Phi) is 6.79. The lowest BCUT2D eigenvalue weighted by molar-refractivity contribution is 0.0181. The largest absolute Gasteiger partial charge is 0.482 e. The monoisotopic (exact) mass is 471 g/mol. The molecule has 3 N–H and O–H groups in total. The summed E-state index contributed by atoms with van der Waals surface area (Å²) in [6.07, 6.45) is 1.39. The highest BCUT2D eigenvalue weighted by Crippen LogP contribution is 2.37. The summed E-state index contributed by atoms with van der Waals surface area (Å²) in [5.74, 6) is -0.773. The summed E-state index contributed by atoms with van der Waals surface area (Å²) in [6, 6.07) is 8.69. The van der Waals surface area contributed by atoms with Crippen LogP contribution >= 0.6 is 0 Å². The summed E-state index contributed by atoms with van der Waals surface area (Å²) < 4.78 is 44.8. The first-order valence-electron chi connectivity index (χ1n) is 10.7. The Labute approximate surface area is 196 Å². The first-order chi connectivity index (χ1) is 15.9. The maximum atomic E-state index is 14.1. The number of benzene rings is 1. The van der Waals surface area contributed by atoms with Crippen LogP contribution in [0.25, 0.3) is 11.1 Å². The summed E-state index contributed by atoms with van der Waals surface area (Å²) >= 11 is 0. The molecule has 4 heterocycles. The molecule has 9 heteroatoms. The van der Waals surface area contributed by atoms with Crippen molar-refractivity contribution in [1.29, 1.82) is 0 Å². The van der Waals surface area contributed by atoms with Crippen LogP contribution in [-0.4, -0.2) is 46.6 Å². The van der Waals surface area contributed by atoms with Gasteiger partial charge in [-0.15, -0.1) is 0 Å². The fourth-order valence-electron chi connectivity index (χ4n) is 4.32. The lowest BCUT2D eigenvalue weighted by atomic mass is 9.96. The van der Waals surface area contributed by atoms with E-state index in [-0.39, 0.29) is 49.3 Å². The van der Waals surface area contributed by atoms with E-state index in [1.54, 1.807) is 25.4 Å². The Morgan fingerprint density at radius 2 is 1.79 bits per heavy atom. The number of hydrogen-bond acceptors (Lipinski definition) is 7. The smallest absolute Gasteiger partial charge is 0.166 e. The molecule has 0 saturated carbocycles. The highest BCUT2D eigenvalue weighted by Gasteiger charge is 2.48. The van der Waals surface area contributed by atoms with Crippen molar-refractivity contribution in [2.45, 2.75) is 44.7 Å². The van der Waals surface area contributed by atoms with Gasteiger partial charge in [-0.25, -0.2) is 13.8 Å². The molecule has 0 aliphatic carbocycles. The first-order valence-corrected chi connectivity index (χ1v) is 10.7. The zero-order valence-electron chi connectivity index (χ0n) is 17.8. The van der Waals surface area contributed by atoms with Crippen molar-refractivity contribution in [2.75, 3.05) is 18.9 Å². The van der Waals surface area contributed by atoms with Crippen molar-refractivity contribution >= 4 is 5.82 Å². The molecule has 2 saturated heterocycles. The lowest BCUT2D eigenvalue weighted by Crippen LogP contribution is -2.28. The van der Waals surface area contributed by atoms with Crippen LogP contribution in [0.15, 0.2) is 48.8 Å². The third-order valence-corrected chi connectivity index (χ3v) is 6.11. The molecule has 5 unspecified atom stereocenters. The van der Waals surface area contributed by atoms with Gasteiger partial charge in [-0.2, -0.15) is 0 Å². The normalized spacial score (nSPS) is 24.4. The van der Waals surface area contributed by atoms with Crippen LogP contribution in [0.5, 0.6) is 5.75 Å². The molecule has 0 radical (unpaired) electrons. The third kappa shape index (κ3) is 4.46. The average Bonchev–Trinajstić information content (AvgIpc) is 3.40. The van der Waals surface area contributed by atoms with E-state index in [4.69, 9.17) is 19.9 Å². The van der Waals surface area contributed by atoms with Gasteiger partial charge in [0.1, 0.15) is 29.9 Å². The van der Waals surface area contributed by atoms with Gasteiger partial charge in [-0.05, 0) is 37.3 Å². The first kappa shape index (κ1) is 24.0. The number of hydrogen-bond donors (Lipinski definition) is 2. The van der Waals surface area contributed by atoms with E-state index in [1.165, 1.54) is 0 Å². The number of aliphatic hydroxyl groups excluding tert-OH is 1. The average molecular weight is 472 g/mol. The Bertz CT molecular complexity index is 1160. The van der Waals surface area contributed by atoms with Gasteiger partial charge < -0.3 is 25.1 Å². The van der Waals surface area contributed by atoms with Crippen LogP contribution < -0.4 is 10.5 Å². The van der Waals surface area contributed by atoms with E-state index in [2.05, 4.69) is 9.97 Å². The number of anilines is 1. The number of aromatic nitrogens is 2. The summed E-state index contributed by atoms with van der Waals surface area (Å²) in [6.45, 7) is 2.32. The van der Waals surface area contributed by atoms with Crippen LogP contribution in [0.4, 0.5) is 14.6 Å². The number of ether oxygens (including phenoxy) is 3. The minimum absolute atomic E-state index is 0. The Hall–Kier alpha value is -3.14. The molecule has 0 spiro atoms. The summed E-state index contributed by atoms with van der Waals surface area (Å²) in [5, 5.41) is 9.93. The van der Waals surface area contributed by atoms with Crippen molar-refractivity contribution in [3.63, 3.8) is 0 Å². The van der Waals surface area contributed by atoms with Crippen LogP contribution in [-0.2, 0) is 9.47 Å². The van der Waals surface area contributed by atoms with Gasteiger partial charge in [0.25, 0.3) is 0 Å². The van der Waals surface area contributed by atoms with Gasteiger partial charge in [0.15, 0.2) is 11.6 Å². The van der Waals surface area contributed by atoms with Gasteiger partial charge in [-0.3, -0.25) is 4.98 Å². The number of aliphatic hydroxyl groups is 1. The van der Waals surface area contributed by atoms with Crippen LogP contribution in [0.3, 0.4) is 0 Å². The maximum absolute atomic E-state index is 14.1. The molecule has 0 amide bonds. The van der Waals surface area contributed by atoms with E-state index in [1.807, 2.05) is 12.1 Å². The predicted octanol–water partition coefficient (Wildman–Crippen LogP) is 4.02. The van der Waals surface area contributed by atoms with Gasteiger partial charge in [0.05, 0.1) is 25.2 Å². The molecule has 34 heavy (non-hydrogen) atoms. The van der Waals surface area contributed by atoms with E-state index >= 15 is 0 Å². The molecule has 2 aromatic heterocycles. The zero-order valence-corrected chi connectivity index (χ0v) is 17.8. The molecule has 180 valence electrons. The fraction of sp³-hybridized carbons (Fsp3) is 0.360. The van der Waals surface area contributed by atoms with Crippen molar-refractivity contribution in [3.8, 4) is 16.9 Å². The molecular formula is C25H27F2N3O4. The second-order valence-electron chi connectivity index (χ2n) is 8.27. The molecule has 7 nitrogen and oxygen atoms in total. The fourth-order valence-corrected chi connectivity index (χ4v) is 4.32. The topological polar surface area (TPSA) is 99.7 Å². The highest BCUT2D eigenvalue weighted by atomic mass is 19.1. The molecule has 2 aliphatic heterocycles. The second-order valence-corrected chi connectivity index (χ2v) is 8.27. The van der Waals surface area contributed by atoms with Gasteiger partial charge in [0.2, 0.25) is 0 Å². The molecule has 3 aromatic rings. The molecule has 5 atom stereocenters. The second kappa shape index (κ2) is 9.61. The maximum Gasteiger partial charge on any atom is 0.166 e. The summed E-state index contributed by atoms with van der Waals surface area (Å²) in [7, 11) is 0. The van der Waals surface area contributed by atoms with E-state index < -0.39 is 23.8 Å². The number of nitrogens with two attached hydrogens (primary N) is 1. The number of halogens is 2. The number of pyridine rings is 2. The quantitative estimate of drug-likeness (QED) is 0.580. The SMILES string of the molecule is C.CC(Oc1cc(-c2ccc(C3COC4C(O)COC34)nc2)cnc1N)c1cc(F)ccc1F. The zero-order chi connectivity index (χ0) is 23.1.